The van der Waals surface area contributed by atoms with Crippen LogP contribution in [0, 0.1) is 5.92 Å². The Morgan fingerprint density at radius 3 is 3.08 bits per heavy atom. The third-order valence-electron chi connectivity index (χ3n) is 2.36. The van der Waals surface area contributed by atoms with Gasteiger partial charge in [-0.3, -0.25) is 0 Å². The molecule has 0 amide bonds. The molecule has 2 nitrogen and oxygen atoms in total. The van der Waals surface area contributed by atoms with Crippen molar-refractivity contribution in [3.05, 3.63) is 28.5 Å². The van der Waals surface area contributed by atoms with Gasteiger partial charge >= 0.3 is 0 Å². The zero-order valence-corrected chi connectivity index (χ0v) is 7.38. The SMILES string of the molecule is OCC1Cc2ccnc(Cl)c2C1. The lowest BCUT2D eigenvalue weighted by Gasteiger charge is -2.00. The molecule has 0 fully saturated rings. The Hall–Kier alpha value is -0.600. The second kappa shape index (κ2) is 3.04. The molecule has 1 unspecified atom stereocenters. The van der Waals surface area contributed by atoms with Gasteiger partial charge in [-0.1, -0.05) is 11.6 Å². The Morgan fingerprint density at radius 1 is 1.58 bits per heavy atom. The van der Waals surface area contributed by atoms with E-state index in [1.165, 1.54) is 5.56 Å². The minimum Gasteiger partial charge on any atom is -0.396 e. The predicted molar refractivity (Wildman–Crippen MR) is 47.2 cm³/mol. The quantitative estimate of drug-likeness (QED) is 0.669. The van der Waals surface area contributed by atoms with E-state index in [1.54, 1.807) is 6.20 Å². The Bertz CT molecular complexity index is 301. The van der Waals surface area contributed by atoms with E-state index in [0.717, 1.165) is 18.4 Å². The van der Waals surface area contributed by atoms with Gasteiger partial charge in [-0.2, -0.15) is 0 Å². The molecular weight excluding hydrogens is 174 g/mol. The molecule has 0 aromatic carbocycles. The summed E-state index contributed by atoms with van der Waals surface area (Å²) in [7, 11) is 0. The normalized spacial score (nSPS) is 21.0. The number of rotatable bonds is 1. The van der Waals surface area contributed by atoms with Gasteiger partial charge in [0.05, 0.1) is 0 Å². The van der Waals surface area contributed by atoms with E-state index in [2.05, 4.69) is 4.98 Å². The first-order valence-corrected chi connectivity index (χ1v) is 4.42. The van der Waals surface area contributed by atoms with Gasteiger partial charge in [0, 0.05) is 12.8 Å². The fraction of sp³-hybridized carbons (Fsp3) is 0.444. The summed E-state index contributed by atoms with van der Waals surface area (Å²) < 4.78 is 0. The monoisotopic (exact) mass is 183 g/mol. The van der Waals surface area contributed by atoms with Crippen molar-refractivity contribution in [1.29, 1.82) is 0 Å². The molecule has 12 heavy (non-hydrogen) atoms. The van der Waals surface area contributed by atoms with Gasteiger partial charge in [0.1, 0.15) is 5.15 Å². The van der Waals surface area contributed by atoms with Crippen LogP contribution in [0.2, 0.25) is 5.15 Å². The van der Waals surface area contributed by atoms with E-state index >= 15 is 0 Å². The average molecular weight is 184 g/mol. The summed E-state index contributed by atoms with van der Waals surface area (Å²) in [6.07, 6.45) is 3.54. The largest absolute Gasteiger partial charge is 0.396 e. The lowest BCUT2D eigenvalue weighted by molar-refractivity contribution is 0.232. The number of aromatic nitrogens is 1. The first-order chi connectivity index (χ1) is 5.81. The van der Waals surface area contributed by atoms with E-state index in [1.807, 2.05) is 6.07 Å². The van der Waals surface area contributed by atoms with Crippen LogP contribution in [0.3, 0.4) is 0 Å². The second-order valence-corrected chi connectivity index (χ2v) is 3.55. The minimum absolute atomic E-state index is 0.241. The van der Waals surface area contributed by atoms with Crippen LogP contribution in [0.15, 0.2) is 12.3 Å². The highest BCUT2D eigenvalue weighted by molar-refractivity contribution is 6.30. The maximum absolute atomic E-state index is 8.97. The van der Waals surface area contributed by atoms with Gasteiger partial charge in [0.15, 0.2) is 0 Å². The third kappa shape index (κ3) is 1.21. The number of fused-ring (bicyclic) bond motifs is 1. The van der Waals surface area contributed by atoms with Crippen LogP contribution in [0.5, 0.6) is 0 Å². The van der Waals surface area contributed by atoms with Crippen LogP contribution in [-0.2, 0) is 12.8 Å². The Labute approximate surface area is 76.2 Å². The number of nitrogens with zero attached hydrogens (tertiary/aromatic N) is 1. The van der Waals surface area contributed by atoms with Crippen molar-refractivity contribution in [2.24, 2.45) is 5.92 Å². The summed E-state index contributed by atoms with van der Waals surface area (Å²) >= 11 is 5.90. The Kier molecular flexibility index (Phi) is 2.03. The highest BCUT2D eigenvalue weighted by Crippen LogP contribution is 2.30. The van der Waals surface area contributed by atoms with Crippen LogP contribution >= 0.6 is 11.6 Å². The maximum atomic E-state index is 8.97. The lowest BCUT2D eigenvalue weighted by Crippen LogP contribution is -2.04. The molecule has 0 radical (unpaired) electrons. The van der Waals surface area contributed by atoms with Gasteiger partial charge in [-0.05, 0) is 36.0 Å². The molecule has 2 rings (SSSR count). The molecule has 1 aromatic heterocycles. The minimum atomic E-state index is 0.241. The Balaban J connectivity index is 2.35. The molecule has 1 aliphatic rings. The topological polar surface area (TPSA) is 33.1 Å². The van der Waals surface area contributed by atoms with Crippen molar-refractivity contribution < 1.29 is 5.11 Å². The number of hydrogen-bond donors (Lipinski definition) is 1. The van der Waals surface area contributed by atoms with Crippen LogP contribution < -0.4 is 0 Å². The van der Waals surface area contributed by atoms with E-state index < -0.39 is 0 Å². The summed E-state index contributed by atoms with van der Waals surface area (Å²) in [5.41, 5.74) is 2.37. The van der Waals surface area contributed by atoms with Crippen molar-refractivity contribution >= 4 is 11.6 Å². The highest BCUT2D eigenvalue weighted by Gasteiger charge is 2.22. The van der Waals surface area contributed by atoms with E-state index in [0.29, 0.717) is 11.1 Å². The zero-order chi connectivity index (χ0) is 8.55. The summed E-state index contributed by atoms with van der Waals surface area (Å²) in [4.78, 5) is 4.00. The molecule has 0 aliphatic heterocycles. The predicted octanol–water partition coefficient (Wildman–Crippen LogP) is 1.44. The Morgan fingerprint density at radius 2 is 2.42 bits per heavy atom. The molecule has 0 bridgehead atoms. The fourth-order valence-corrected chi connectivity index (χ4v) is 1.97. The lowest BCUT2D eigenvalue weighted by atomic mass is 10.1. The van der Waals surface area contributed by atoms with Crippen LogP contribution in [0.25, 0.3) is 0 Å². The highest BCUT2D eigenvalue weighted by atomic mass is 35.5. The number of hydrogen-bond acceptors (Lipinski definition) is 2. The van der Waals surface area contributed by atoms with Gasteiger partial charge in [-0.25, -0.2) is 4.98 Å². The number of pyridine rings is 1. The van der Waals surface area contributed by atoms with Gasteiger partial charge in [0.25, 0.3) is 0 Å². The third-order valence-corrected chi connectivity index (χ3v) is 2.69. The van der Waals surface area contributed by atoms with Crippen LogP contribution in [0.4, 0.5) is 0 Å². The maximum Gasteiger partial charge on any atom is 0.132 e. The average Bonchev–Trinajstić information content (AvgIpc) is 2.49. The molecule has 3 heteroatoms. The van der Waals surface area contributed by atoms with E-state index in [9.17, 15) is 0 Å². The van der Waals surface area contributed by atoms with Crippen LogP contribution in [0.1, 0.15) is 11.1 Å². The fourth-order valence-electron chi connectivity index (χ4n) is 1.71. The smallest absolute Gasteiger partial charge is 0.132 e. The van der Waals surface area contributed by atoms with Gasteiger partial charge in [0.2, 0.25) is 0 Å². The van der Waals surface area contributed by atoms with Crippen molar-refractivity contribution in [3.63, 3.8) is 0 Å². The van der Waals surface area contributed by atoms with Crippen molar-refractivity contribution in [1.82, 2.24) is 4.98 Å². The van der Waals surface area contributed by atoms with E-state index in [-0.39, 0.29) is 6.61 Å². The molecule has 1 aliphatic carbocycles. The van der Waals surface area contributed by atoms with E-state index in [4.69, 9.17) is 16.7 Å². The molecule has 0 saturated heterocycles. The molecular formula is C9H10ClNO. The standard InChI is InChI=1S/C9H10ClNO/c10-9-8-4-6(5-12)3-7(8)1-2-11-9/h1-2,6,12H,3-5H2. The first kappa shape index (κ1) is 8.02. The summed E-state index contributed by atoms with van der Waals surface area (Å²) in [6.45, 7) is 0.241. The molecule has 1 aromatic rings. The van der Waals surface area contributed by atoms with Crippen molar-refractivity contribution in [2.75, 3.05) is 6.61 Å². The van der Waals surface area contributed by atoms with Crippen molar-refractivity contribution in [2.45, 2.75) is 12.8 Å². The van der Waals surface area contributed by atoms with Crippen LogP contribution in [-0.4, -0.2) is 16.7 Å². The second-order valence-electron chi connectivity index (χ2n) is 3.20. The van der Waals surface area contributed by atoms with Gasteiger partial charge in [-0.15, -0.1) is 0 Å². The molecule has 0 spiro atoms. The first-order valence-electron chi connectivity index (χ1n) is 4.04. The summed E-state index contributed by atoms with van der Waals surface area (Å²) in [5, 5.41) is 9.57. The zero-order valence-electron chi connectivity index (χ0n) is 6.63. The number of aliphatic hydroxyl groups is 1. The molecule has 1 N–H and O–H groups in total. The number of aliphatic hydroxyl groups excluding tert-OH is 1. The summed E-state index contributed by atoms with van der Waals surface area (Å²) in [6, 6.07) is 1.98. The molecule has 1 atom stereocenters. The van der Waals surface area contributed by atoms with Crippen molar-refractivity contribution in [3.8, 4) is 0 Å². The molecule has 1 heterocycles. The molecule has 64 valence electrons. The summed E-state index contributed by atoms with van der Waals surface area (Å²) in [5.74, 6) is 0.349. The number of halogens is 1. The van der Waals surface area contributed by atoms with Gasteiger partial charge < -0.3 is 5.11 Å². The molecule has 0 saturated carbocycles.